The molecule has 0 aromatic heterocycles. The Hall–Kier alpha value is 0.300. The molecule has 0 heterocycles. The van der Waals surface area contributed by atoms with Gasteiger partial charge in [0.1, 0.15) is 0 Å². The van der Waals surface area contributed by atoms with Crippen LogP contribution in [-0.4, -0.2) is 31.4 Å². The van der Waals surface area contributed by atoms with Crippen LogP contribution >= 0.6 is 15.2 Å². The third-order valence-corrected chi connectivity index (χ3v) is 4.41. The van der Waals surface area contributed by atoms with Gasteiger partial charge in [-0.05, 0) is 19.3 Å². The first-order valence-electron chi connectivity index (χ1n) is 4.26. The van der Waals surface area contributed by atoms with Crippen LogP contribution in [0.3, 0.4) is 0 Å². The molecule has 4 N–H and O–H groups in total. The molecule has 8 heteroatoms. The Bertz CT molecular complexity index is 253. The van der Waals surface area contributed by atoms with Gasteiger partial charge in [-0.3, -0.25) is 9.13 Å². The van der Waals surface area contributed by atoms with E-state index in [1.165, 1.54) is 0 Å². The highest BCUT2D eigenvalue weighted by Gasteiger charge is 2.27. The molecule has 0 aromatic rings. The van der Waals surface area contributed by atoms with Crippen molar-refractivity contribution in [2.75, 3.05) is 6.16 Å². The van der Waals surface area contributed by atoms with Gasteiger partial charge in [-0.25, -0.2) is 0 Å². The summed E-state index contributed by atoms with van der Waals surface area (Å²) in [6.07, 6.45) is 0.273. The standard InChI is InChI=1S/C6H16O6P2/c1-2-6(14(10,11)12)4-3-5-13(7,8)9/h6H,2-5H2,1H3,(H2,7,8,9)(H2,10,11,12). The fraction of sp³-hybridized carbons (Fsp3) is 1.00. The second-order valence-corrected chi connectivity index (χ2v) is 6.87. The van der Waals surface area contributed by atoms with E-state index in [1.807, 2.05) is 0 Å². The molecule has 0 aliphatic heterocycles. The maximum Gasteiger partial charge on any atom is 0.328 e. The summed E-state index contributed by atoms with van der Waals surface area (Å²) >= 11 is 0. The average Bonchev–Trinajstić information content (AvgIpc) is 1.93. The van der Waals surface area contributed by atoms with E-state index in [-0.39, 0.29) is 19.0 Å². The molecule has 0 rings (SSSR count). The Labute approximate surface area is 82.7 Å². The molecule has 0 saturated carbocycles. The molecule has 0 spiro atoms. The quantitative estimate of drug-likeness (QED) is 0.517. The fourth-order valence-corrected chi connectivity index (χ4v) is 2.73. The summed E-state index contributed by atoms with van der Waals surface area (Å²) in [6, 6.07) is 0. The van der Waals surface area contributed by atoms with Gasteiger partial charge in [-0.1, -0.05) is 6.92 Å². The molecule has 0 aliphatic rings. The van der Waals surface area contributed by atoms with Crippen LogP contribution in [0.15, 0.2) is 0 Å². The Morgan fingerprint density at radius 2 is 1.64 bits per heavy atom. The van der Waals surface area contributed by atoms with Gasteiger partial charge in [-0.2, -0.15) is 0 Å². The predicted molar refractivity (Wildman–Crippen MR) is 52.3 cm³/mol. The van der Waals surface area contributed by atoms with Crippen molar-refractivity contribution in [2.24, 2.45) is 0 Å². The van der Waals surface area contributed by atoms with Crippen LogP contribution in [0.2, 0.25) is 0 Å². The summed E-state index contributed by atoms with van der Waals surface area (Å²) in [4.78, 5) is 34.7. The summed E-state index contributed by atoms with van der Waals surface area (Å²) in [5, 5.41) is 0. The molecule has 0 aromatic carbocycles. The van der Waals surface area contributed by atoms with Crippen LogP contribution in [0.25, 0.3) is 0 Å². The van der Waals surface area contributed by atoms with E-state index in [9.17, 15) is 9.13 Å². The minimum absolute atomic E-state index is 0.133. The predicted octanol–water partition coefficient (Wildman–Crippen LogP) is 0.901. The Kier molecular flexibility index (Phi) is 5.52. The van der Waals surface area contributed by atoms with Crippen molar-refractivity contribution in [1.82, 2.24) is 0 Å². The fourth-order valence-electron chi connectivity index (χ4n) is 1.14. The number of hydrogen-bond acceptors (Lipinski definition) is 2. The zero-order valence-electron chi connectivity index (χ0n) is 7.91. The van der Waals surface area contributed by atoms with E-state index in [1.54, 1.807) is 6.92 Å². The van der Waals surface area contributed by atoms with E-state index in [2.05, 4.69) is 0 Å². The van der Waals surface area contributed by atoms with Crippen molar-refractivity contribution in [1.29, 1.82) is 0 Å². The van der Waals surface area contributed by atoms with Gasteiger partial charge >= 0.3 is 15.2 Å². The highest BCUT2D eigenvalue weighted by atomic mass is 31.2. The van der Waals surface area contributed by atoms with Gasteiger partial charge in [0, 0.05) is 6.16 Å². The lowest BCUT2D eigenvalue weighted by molar-refractivity contribution is 0.347. The van der Waals surface area contributed by atoms with Crippen LogP contribution in [0, 0.1) is 0 Å². The van der Waals surface area contributed by atoms with Gasteiger partial charge in [0.25, 0.3) is 0 Å². The minimum atomic E-state index is -4.11. The summed E-state index contributed by atoms with van der Waals surface area (Å²) in [7, 11) is -8.15. The second-order valence-electron chi connectivity index (χ2n) is 3.18. The monoisotopic (exact) mass is 246 g/mol. The lowest BCUT2D eigenvalue weighted by Crippen LogP contribution is -2.07. The van der Waals surface area contributed by atoms with Gasteiger partial charge in [0.15, 0.2) is 0 Å². The van der Waals surface area contributed by atoms with E-state index in [4.69, 9.17) is 19.6 Å². The van der Waals surface area contributed by atoms with Crippen LogP contribution in [0.1, 0.15) is 26.2 Å². The maximum absolute atomic E-state index is 10.8. The van der Waals surface area contributed by atoms with E-state index in [0.29, 0.717) is 6.42 Å². The third kappa shape index (κ3) is 6.71. The van der Waals surface area contributed by atoms with Crippen LogP contribution in [0.4, 0.5) is 0 Å². The van der Waals surface area contributed by atoms with Gasteiger partial charge in [0.05, 0.1) is 5.66 Å². The van der Waals surface area contributed by atoms with Gasteiger partial charge in [0.2, 0.25) is 0 Å². The highest BCUT2D eigenvalue weighted by Crippen LogP contribution is 2.46. The molecular formula is C6H16O6P2. The van der Waals surface area contributed by atoms with Crippen molar-refractivity contribution in [3.05, 3.63) is 0 Å². The molecule has 86 valence electrons. The molecule has 1 unspecified atom stereocenters. The Morgan fingerprint density at radius 1 is 1.14 bits per heavy atom. The number of rotatable bonds is 6. The van der Waals surface area contributed by atoms with Crippen molar-refractivity contribution < 1.29 is 28.7 Å². The third-order valence-electron chi connectivity index (χ3n) is 1.93. The smallest absolute Gasteiger partial charge is 0.324 e. The molecule has 0 fully saturated rings. The lowest BCUT2D eigenvalue weighted by atomic mass is 10.2. The van der Waals surface area contributed by atoms with Crippen LogP contribution in [0.5, 0.6) is 0 Å². The highest BCUT2D eigenvalue weighted by molar-refractivity contribution is 7.52. The second kappa shape index (κ2) is 5.40. The molecule has 0 amide bonds. The average molecular weight is 246 g/mol. The van der Waals surface area contributed by atoms with Crippen molar-refractivity contribution in [3.8, 4) is 0 Å². The molecule has 6 nitrogen and oxygen atoms in total. The molecule has 0 saturated heterocycles. The largest absolute Gasteiger partial charge is 0.328 e. The normalized spacial score (nSPS) is 15.5. The molecule has 14 heavy (non-hydrogen) atoms. The molecule has 0 aliphatic carbocycles. The number of hydrogen-bond donors (Lipinski definition) is 4. The van der Waals surface area contributed by atoms with Gasteiger partial charge < -0.3 is 19.6 Å². The first kappa shape index (κ1) is 14.3. The van der Waals surface area contributed by atoms with E-state index < -0.39 is 20.9 Å². The zero-order chi connectivity index (χ0) is 11.4. The first-order chi connectivity index (χ1) is 6.17. The molecular weight excluding hydrogens is 230 g/mol. The minimum Gasteiger partial charge on any atom is -0.324 e. The lowest BCUT2D eigenvalue weighted by Gasteiger charge is -2.16. The van der Waals surface area contributed by atoms with Crippen molar-refractivity contribution in [2.45, 2.75) is 31.8 Å². The summed E-state index contributed by atoms with van der Waals surface area (Å²) < 4.78 is 21.3. The Balaban J connectivity index is 3.99. The summed E-state index contributed by atoms with van der Waals surface area (Å²) in [5.74, 6) is 0. The van der Waals surface area contributed by atoms with Crippen LogP contribution < -0.4 is 0 Å². The van der Waals surface area contributed by atoms with E-state index in [0.717, 1.165) is 0 Å². The maximum atomic E-state index is 10.8. The first-order valence-corrected chi connectivity index (χ1v) is 7.74. The summed E-state index contributed by atoms with van der Waals surface area (Å²) in [6.45, 7) is 1.64. The molecule has 0 radical (unpaired) electrons. The molecule has 0 bridgehead atoms. The SMILES string of the molecule is CCC(CCCP(=O)(O)O)P(=O)(O)O. The van der Waals surface area contributed by atoms with E-state index >= 15 is 0 Å². The van der Waals surface area contributed by atoms with Crippen molar-refractivity contribution in [3.63, 3.8) is 0 Å². The topological polar surface area (TPSA) is 115 Å². The Morgan fingerprint density at radius 3 is 1.93 bits per heavy atom. The van der Waals surface area contributed by atoms with Gasteiger partial charge in [-0.15, -0.1) is 0 Å². The molecule has 1 atom stereocenters. The van der Waals surface area contributed by atoms with Crippen LogP contribution in [-0.2, 0) is 9.13 Å². The van der Waals surface area contributed by atoms with Crippen molar-refractivity contribution >= 4 is 15.2 Å². The summed E-state index contributed by atoms with van der Waals surface area (Å²) in [5.41, 5.74) is -0.783. The zero-order valence-corrected chi connectivity index (χ0v) is 9.69.